The summed E-state index contributed by atoms with van der Waals surface area (Å²) in [5.74, 6) is -5.16. The summed E-state index contributed by atoms with van der Waals surface area (Å²) in [4.78, 5) is 37.4. The Hall–Kier alpha value is -2.37. The van der Waals surface area contributed by atoms with E-state index in [1.165, 1.54) is 0 Å². The van der Waals surface area contributed by atoms with Gasteiger partial charge >= 0.3 is 17.9 Å². The smallest absolute Gasteiger partial charge is 0.324 e. The lowest BCUT2D eigenvalue weighted by Crippen LogP contribution is -2.51. The zero-order chi connectivity index (χ0) is 21.5. The van der Waals surface area contributed by atoms with Crippen molar-refractivity contribution in [3.63, 3.8) is 0 Å². The minimum atomic E-state index is -2.13. The van der Waals surface area contributed by atoms with E-state index in [1.807, 2.05) is 44.2 Å². The van der Waals surface area contributed by atoms with Crippen LogP contribution < -0.4 is 0 Å². The zero-order valence-electron chi connectivity index (χ0n) is 17.4. The molecule has 1 aromatic rings. The van der Waals surface area contributed by atoms with E-state index >= 15 is 0 Å². The second-order valence-electron chi connectivity index (χ2n) is 8.64. The van der Waals surface area contributed by atoms with Gasteiger partial charge in [-0.3, -0.25) is 14.4 Å². The molecule has 0 spiro atoms. The van der Waals surface area contributed by atoms with E-state index in [1.54, 1.807) is 20.8 Å². The SMILES string of the molecule is CC(C)C[C@@H](C(=O)O)C(CCCc1ccccc1)(C(=O)O)C(=O)OC(C)(C)C. The molecule has 6 heteroatoms. The molecule has 0 bridgehead atoms. The highest BCUT2D eigenvalue weighted by Crippen LogP contribution is 2.40. The van der Waals surface area contributed by atoms with Gasteiger partial charge in [0.2, 0.25) is 0 Å². The van der Waals surface area contributed by atoms with E-state index in [-0.39, 0.29) is 18.8 Å². The Bertz CT molecular complexity index is 674. The molecule has 0 aliphatic carbocycles. The van der Waals surface area contributed by atoms with Gasteiger partial charge in [-0.1, -0.05) is 44.2 Å². The number of rotatable bonds is 10. The van der Waals surface area contributed by atoms with Crippen molar-refractivity contribution in [1.82, 2.24) is 0 Å². The van der Waals surface area contributed by atoms with Gasteiger partial charge in [-0.2, -0.15) is 0 Å². The molecule has 1 aromatic carbocycles. The molecule has 0 heterocycles. The van der Waals surface area contributed by atoms with Gasteiger partial charge in [-0.25, -0.2) is 0 Å². The van der Waals surface area contributed by atoms with Crippen molar-refractivity contribution < 1.29 is 29.3 Å². The average molecular weight is 392 g/mol. The molecule has 1 unspecified atom stereocenters. The standard InChI is InChI=1S/C22H32O6/c1-15(2)14-17(18(23)24)22(19(25)26,20(27)28-21(3,4)5)13-9-12-16-10-7-6-8-11-16/h6-8,10-11,15,17H,9,12-14H2,1-5H3,(H,23,24)(H,25,26)/t17-,22?/m0/s1. The van der Waals surface area contributed by atoms with Crippen LogP contribution in [0, 0.1) is 17.3 Å². The summed E-state index contributed by atoms with van der Waals surface area (Å²) in [6.07, 6.45) is 0.881. The van der Waals surface area contributed by atoms with Gasteiger partial charge in [0.05, 0.1) is 5.92 Å². The Morgan fingerprint density at radius 2 is 1.61 bits per heavy atom. The molecule has 0 aliphatic rings. The fraction of sp³-hybridized carbons (Fsp3) is 0.591. The molecule has 156 valence electrons. The van der Waals surface area contributed by atoms with Gasteiger partial charge in [0.15, 0.2) is 5.41 Å². The van der Waals surface area contributed by atoms with Gasteiger partial charge in [0.25, 0.3) is 0 Å². The van der Waals surface area contributed by atoms with E-state index in [0.29, 0.717) is 12.8 Å². The van der Waals surface area contributed by atoms with E-state index in [2.05, 4.69) is 0 Å². The number of carboxylic acids is 2. The van der Waals surface area contributed by atoms with Crippen LogP contribution in [0.25, 0.3) is 0 Å². The molecule has 0 amide bonds. The van der Waals surface area contributed by atoms with Crippen LogP contribution in [0.1, 0.15) is 59.4 Å². The molecular formula is C22H32O6. The maximum Gasteiger partial charge on any atom is 0.324 e. The van der Waals surface area contributed by atoms with E-state index in [4.69, 9.17) is 4.74 Å². The normalized spacial score (nSPS) is 14.9. The van der Waals surface area contributed by atoms with Crippen LogP contribution in [0.3, 0.4) is 0 Å². The minimum absolute atomic E-state index is 0.0756. The number of carbonyl (C=O) groups is 3. The first-order valence-electron chi connectivity index (χ1n) is 9.63. The number of aryl methyl sites for hydroxylation is 1. The number of aliphatic carboxylic acids is 2. The lowest BCUT2D eigenvalue weighted by atomic mass is 9.68. The van der Waals surface area contributed by atoms with Crippen molar-refractivity contribution in [2.24, 2.45) is 17.3 Å². The largest absolute Gasteiger partial charge is 0.481 e. The summed E-state index contributed by atoms with van der Waals surface area (Å²) in [6.45, 7) is 8.53. The molecule has 0 radical (unpaired) electrons. The molecule has 0 aromatic heterocycles. The van der Waals surface area contributed by atoms with E-state index < -0.39 is 34.8 Å². The van der Waals surface area contributed by atoms with Gasteiger partial charge in [0, 0.05) is 0 Å². The molecule has 6 nitrogen and oxygen atoms in total. The highest BCUT2D eigenvalue weighted by Gasteiger charge is 2.57. The molecule has 2 N–H and O–H groups in total. The second kappa shape index (κ2) is 9.71. The average Bonchev–Trinajstić information content (AvgIpc) is 2.55. The third kappa shape index (κ3) is 6.36. The first-order chi connectivity index (χ1) is 12.9. The van der Waals surface area contributed by atoms with E-state index in [0.717, 1.165) is 5.56 Å². The maximum absolute atomic E-state index is 13.0. The number of carbonyl (C=O) groups excluding carboxylic acids is 1. The maximum atomic E-state index is 13.0. The number of hydrogen-bond acceptors (Lipinski definition) is 4. The van der Waals surface area contributed by atoms with Crippen LogP contribution in [0.2, 0.25) is 0 Å². The summed E-state index contributed by atoms with van der Waals surface area (Å²) < 4.78 is 5.40. The van der Waals surface area contributed by atoms with Crippen LogP contribution in [-0.2, 0) is 25.5 Å². The number of esters is 1. The Balaban J connectivity index is 3.28. The zero-order valence-corrected chi connectivity index (χ0v) is 17.4. The Labute approximate surface area is 166 Å². The summed E-state index contributed by atoms with van der Waals surface area (Å²) in [6, 6.07) is 9.48. The molecule has 1 rings (SSSR count). The third-order valence-electron chi connectivity index (χ3n) is 4.62. The van der Waals surface area contributed by atoms with Crippen LogP contribution in [-0.4, -0.2) is 33.7 Å². The predicted octanol–water partition coefficient (Wildman–Crippen LogP) is 4.17. The molecular weight excluding hydrogens is 360 g/mol. The van der Waals surface area contributed by atoms with Crippen molar-refractivity contribution in [3.8, 4) is 0 Å². The van der Waals surface area contributed by atoms with Gasteiger partial charge in [0.1, 0.15) is 5.60 Å². The van der Waals surface area contributed by atoms with Crippen molar-refractivity contribution in [2.45, 2.75) is 65.9 Å². The van der Waals surface area contributed by atoms with Crippen molar-refractivity contribution in [3.05, 3.63) is 35.9 Å². The molecule has 0 saturated carbocycles. The Morgan fingerprint density at radius 1 is 1.04 bits per heavy atom. The van der Waals surface area contributed by atoms with E-state index in [9.17, 15) is 24.6 Å². The Kier molecular flexibility index (Phi) is 8.21. The monoisotopic (exact) mass is 392 g/mol. The van der Waals surface area contributed by atoms with Crippen molar-refractivity contribution in [2.75, 3.05) is 0 Å². The van der Waals surface area contributed by atoms with Crippen LogP contribution >= 0.6 is 0 Å². The molecule has 0 aliphatic heterocycles. The van der Waals surface area contributed by atoms with Gasteiger partial charge in [-0.05, 0) is 57.9 Å². The quantitative estimate of drug-likeness (QED) is 0.458. The van der Waals surface area contributed by atoms with Crippen LogP contribution in [0.4, 0.5) is 0 Å². The number of ether oxygens (including phenoxy) is 1. The van der Waals surface area contributed by atoms with Gasteiger partial charge < -0.3 is 14.9 Å². The minimum Gasteiger partial charge on any atom is -0.481 e. The topological polar surface area (TPSA) is 101 Å². The number of benzene rings is 1. The van der Waals surface area contributed by atoms with Crippen LogP contribution in [0.5, 0.6) is 0 Å². The molecule has 0 fully saturated rings. The fourth-order valence-electron chi connectivity index (χ4n) is 3.33. The lowest BCUT2D eigenvalue weighted by molar-refractivity contribution is -0.187. The first-order valence-corrected chi connectivity index (χ1v) is 9.63. The summed E-state index contributed by atoms with van der Waals surface area (Å²) in [5.41, 5.74) is -2.04. The second-order valence-corrected chi connectivity index (χ2v) is 8.64. The molecule has 2 atom stereocenters. The summed E-state index contributed by atoms with van der Waals surface area (Å²) in [5, 5.41) is 19.9. The number of carboxylic acid groups (broad SMARTS) is 2. The third-order valence-corrected chi connectivity index (χ3v) is 4.62. The van der Waals surface area contributed by atoms with Crippen LogP contribution in [0.15, 0.2) is 30.3 Å². The molecule has 28 heavy (non-hydrogen) atoms. The van der Waals surface area contributed by atoms with Crippen molar-refractivity contribution in [1.29, 1.82) is 0 Å². The summed E-state index contributed by atoms with van der Waals surface area (Å²) >= 11 is 0. The number of hydrogen-bond donors (Lipinski definition) is 2. The summed E-state index contributed by atoms with van der Waals surface area (Å²) in [7, 11) is 0. The lowest BCUT2D eigenvalue weighted by Gasteiger charge is -2.36. The highest BCUT2D eigenvalue weighted by molar-refractivity contribution is 6.03. The van der Waals surface area contributed by atoms with Gasteiger partial charge in [-0.15, -0.1) is 0 Å². The highest BCUT2D eigenvalue weighted by atomic mass is 16.6. The fourth-order valence-corrected chi connectivity index (χ4v) is 3.33. The first kappa shape index (κ1) is 23.7. The van der Waals surface area contributed by atoms with Crippen molar-refractivity contribution >= 4 is 17.9 Å². The Morgan fingerprint density at radius 3 is 2.04 bits per heavy atom. The molecule has 0 saturated heterocycles. The predicted molar refractivity (Wildman–Crippen MR) is 106 cm³/mol.